The van der Waals surface area contributed by atoms with E-state index in [1.807, 2.05) is 32.0 Å². The summed E-state index contributed by atoms with van der Waals surface area (Å²) in [5, 5.41) is 0. The van der Waals surface area contributed by atoms with Gasteiger partial charge in [0, 0.05) is 12.2 Å². The molecule has 4 heteroatoms. The highest BCUT2D eigenvalue weighted by molar-refractivity contribution is 7.80. The maximum Gasteiger partial charge on any atom is 0.123 e. The summed E-state index contributed by atoms with van der Waals surface area (Å²) in [5.41, 5.74) is 7.45. The van der Waals surface area contributed by atoms with Crippen molar-refractivity contribution in [1.82, 2.24) is 0 Å². The van der Waals surface area contributed by atoms with E-state index in [0.717, 1.165) is 16.9 Å². The lowest BCUT2D eigenvalue weighted by atomic mass is 10.1. The van der Waals surface area contributed by atoms with E-state index < -0.39 is 0 Å². The summed E-state index contributed by atoms with van der Waals surface area (Å²) in [7, 11) is 0. The summed E-state index contributed by atoms with van der Waals surface area (Å²) >= 11 is 4.92. The third kappa shape index (κ3) is 3.79. The van der Waals surface area contributed by atoms with Crippen molar-refractivity contribution in [3.63, 3.8) is 0 Å². The zero-order chi connectivity index (χ0) is 12.0. The molecule has 16 heavy (non-hydrogen) atoms. The Kier molecular flexibility index (Phi) is 5.22. The largest absolute Gasteiger partial charge is 0.491 e. The molecule has 0 saturated heterocycles. The third-order valence-electron chi connectivity index (χ3n) is 2.16. The summed E-state index contributed by atoms with van der Waals surface area (Å²) in [4.78, 5) is 0.384. The zero-order valence-corrected chi connectivity index (χ0v) is 10.5. The molecule has 0 spiro atoms. The van der Waals surface area contributed by atoms with Gasteiger partial charge in [-0.2, -0.15) is 0 Å². The number of nitrogens with two attached hydrogens (primary N) is 1. The summed E-state index contributed by atoms with van der Waals surface area (Å²) in [5.74, 6) is 0.810. The fourth-order valence-electron chi connectivity index (χ4n) is 1.26. The summed E-state index contributed by atoms with van der Waals surface area (Å²) in [6, 6.07) is 5.71. The Bertz CT molecular complexity index is 366. The lowest BCUT2D eigenvalue weighted by molar-refractivity contribution is 0.110. The van der Waals surface area contributed by atoms with E-state index in [1.165, 1.54) is 0 Å². The van der Waals surface area contributed by atoms with Crippen LogP contribution in [0.3, 0.4) is 0 Å². The summed E-state index contributed by atoms with van der Waals surface area (Å²) in [6.07, 6.45) is 0. The lowest BCUT2D eigenvalue weighted by Gasteiger charge is -2.10. The molecule has 0 atom stereocenters. The lowest BCUT2D eigenvalue weighted by Crippen LogP contribution is -2.11. The van der Waals surface area contributed by atoms with Crippen LogP contribution in [0.25, 0.3) is 0 Å². The van der Waals surface area contributed by atoms with Crippen molar-refractivity contribution in [3.05, 3.63) is 29.3 Å². The van der Waals surface area contributed by atoms with Gasteiger partial charge in [-0.25, -0.2) is 0 Å². The van der Waals surface area contributed by atoms with E-state index >= 15 is 0 Å². The predicted octanol–water partition coefficient (Wildman–Crippen LogP) is 2.04. The molecular weight excluding hydrogens is 222 g/mol. The predicted molar refractivity (Wildman–Crippen MR) is 69.1 cm³/mol. The molecule has 0 saturated carbocycles. The first-order valence-corrected chi connectivity index (χ1v) is 5.67. The van der Waals surface area contributed by atoms with E-state index in [2.05, 4.69) is 0 Å². The highest BCUT2D eigenvalue weighted by Gasteiger charge is 2.03. The third-order valence-corrected chi connectivity index (χ3v) is 2.40. The quantitative estimate of drug-likeness (QED) is 0.609. The van der Waals surface area contributed by atoms with Gasteiger partial charge in [0.1, 0.15) is 17.3 Å². The first-order chi connectivity index (χ1) is 7.65. The summed E-state index contributed by atoms with van der Waals surface area (Å²) < 4.78 is 10.8. The van der Waals surface area contributed by atoms with E-state index in [4.69, 9.17) is 27.4 Å². The van der Waals surface area contributed by atoms with E-state index in [9.17, 15) is 0 Å². The van der Waals surface area contributed by atoms with Crippen LogP contribution in [-0.2, 0) is 4.74 Å². The highest BCUT2D eigenvalue weighted by atomic mass is 32.1. The molecular formula is C12H17NO2S. The second-order valence-electron chi connectivity index (χ2n) is 3.39. The van der Waals surface area contributed by atoms with Gasteiger partial charge in [-0.3, -0.25) is 0 Å². The van der Waals surface area contributed by atoms with Crippen LogP contribution in [0.5, 0.6) is 5.75 Å². The van der Waals surface area contributed by atoms with Crippen LogP contribution in [0, 0.1) is 6.92 Å². The van der Waals surface area contributed by atoms with Gasteiger partial charge >= 0.3 is 0 Å². The Labute approximate surface area is 102 Å². The van der Waals surface area contributed by atoms with Gasteiger partial charge in [0.15, 0.2) is 0 Å². The van der Waals surface area contributed by atoms with Crippen LogP contribution >= 0.6 is 12.2 Å². The van der Waals surface area contributed by atoms with Crippen LogP contribution in [0.15, 0.2) is 18.2 Å². The van der Waals surface area contributed by atoms with Crippen molar-refractivity contribution in [2.45, 2.75) is 13.8 Å². The van der Waals surface area contributed by atoms with Gasteiger partial charge < -0.3 is 15.2 Å². The number of benzene rings is 1. The Morgan fingerprint density at radius 1 is 1.38 bits per heavy atom. The second kappa shape index (κ2) is 6.45. The SMILES string of the molecule is CCOCCOc1cc(C(N)=S)ccc1C. The number of rotatable bonds is 6. The molecule has 0 aliphatic carbocycles. The minimum atomic E-state index is 0.384. The topological polar surface area (TPSA) is 44.5 Å². The standard InChI is InChI=1S/C12H17NO2S/c1-3-14-6-7-15-11-8-10(12(13)16)5-4-9(11)2/h4-5,8H,3,6-7H2,1-2H3,(H2,13,16). The molecule has 0 aromatic heterocycles. The van der Waals surface area contributed by atoms with Gasteiger partial charge in [0.05, 0.1) is 6.61 Å². The molecule has 88 valence electrons. The molecule has 2 N–H and O–H groups in total. The average Bonchev–Trinajstić information content (AvgIpc) is 2.26. The average molecular weight is 239 g/mol. The van der Waals surface area contributed by atoms with Crippen LogP contribution < -0.4 is 10.5 Å². The van der Waals surface area contributed by atoms with Gasteiger partial charge in [-0.05, 0) is 25.5 Å². The van der Waals surface area contributed by atoms with Crippen molar-refractivity contribution in [2.24, 2.45) is 5.73 Å². The minimum absolute atomic E-state index is 0.384. The maximum absolute atomic E-state index is 5.59. The van der Waals surface area contributed by atoms with Crippen molar-refractivity contribution < 1.29 is 9.47 Å². The summed E-state index contributed by atoms with van der Waals surface area (Å²) in [6.45, 7) is 5.77. The number of thiocarbonyl (C=S) groups is 1. The van der Waals surface area contributed by atoms with Gasteiger partial charge in [0.25, 0.3) is 0 Å². The van der Waals surface area contributed by atoms with Crippen molar-refractivity contribution in [2.75, 3.05) is 19.8 Å². The first kappa shape index (κ1) is 12.9. The van der Waals surface area contributed by atoms with Gasteiger partial charge in [-0.1, -0.05) is 24.4 Å². The zero-order valence-electron chi connectivity index (χ0n) is 9.66. The molecule has 1 aromatic rings. The normalized spacial score (nSPS) is 10.1. The number of ether oxygens (including phenoxy) is 2. The maximum atomic E-state index is 5.59. The molecule has 1 rings (SSSR count). The van der Waals surface area contributed by atoms with E-state index in [1.54, 1.807) is 0 Å². The Balaban J connectivity index is 2.63. The molecule has 0 unspecified atom stereocenters. The first-order valence-electron chi connectivity index (χ1n) is 5.26. The molecule has 1 aromatic carbocycles. The van der Waals surface area contributed by atoms with Crippen molar-refractivity contribution in [3.8, 4) is 5.75 Å². The molecule has 0 heterocycles. The number of hydrogen-bond donors (Lipinski definition) is 1. The molecule has 0 radical (unpaired) electrons. The van der Waals surface area contributed by atoms with Crippen LogP contribution in [0.4, 0.5) is 0 Å². The smallest absolute Gasteiger partial charge is 0.123 e. The number of hydrogen-bond acceptors (Lipinski definition) is 3. The minimum Gasteiger partial charge on any atom is -0.491 e. The molecule has 0 aliphatic heterocycles. The Morgan fingerprint density at radius 3 is 2.75 bits per heavy atom. The van der Waals surface area contributed by atoms with Gasteiger partial charge in [-0.15, -0.1) is 0 Å². The molecule has 0 amide bonds. The van der Waals surface area contributed by atoms with Crippen LogP contribution in [-0.4, -0.2) is 24.8 Å². The van der Waals surface area contributed by atoms with Crippen molar-refractivity contribution >= 4 is 17.2 Å². The second-order valence-corrected chi connectivity index (χ2v) is 3.83. The fraction of sp³-hybridized carbons (Fsp3) is 0.417. The molecule has 0 aliphatic rings. The molecule has 0 bridgehead atoms. The van der Waals surface area contributed by atoms with Gasteiger partial charge in [0.2, 0.25) is 0 Å². The number of aryl methyl sites for hydroxylation is 1. The molecule has 3 nitrogen and oxygen atoms in total. The fourth-order valence-corrected chi connectivity index (χ4v) is 1.39. The Hall–Kier alpha value is -1.13. The van der Waals surface area contributed by atoms with Crippen molar-refractivity contribution in [1.29, 1.82) is 0 Å². The monoisotopic (exact) mass is 239 g/mol. The molecule has 0 fully saturated rings. The van der Waals surface area contributed by atoms with Crippen LogP contribution in [0.1, 0.15) is 18.1 Å². The Morgan fingerprint density at radius 2 is 2.12 bits per heavy atom. The van der Waals surface area contributed by atoms with E-state index in [-0.39, 0.29) is 0 Å². The van der Waals surface area contributed by atoms with E-state index in [0.29, 0.717) is 24.8 Å². The highest BCUT2D eigenvalue weighted by Crippen LogP contribution is 2.19. The van der Waals surface area contributed by atoms with Crippen LogP contribution in [0.2, 0.25) is 0 Å².